The Morgan fingerprint density at radius 1 is 1.29 bits per heavy atom. The summed E-state index contributed by atoms with van der Waals surface area (Å²) in [5.41, 5.74) is 2.12. The third-order valence-corrected chi connectivity index (χ3v) is 4.00. The van der Waals surface area contributed by atoms with E-state index in [4.69, 9.17) is 4.74 Å². The normalized spacial score (nSPS) is 20.0. The number of hydrogen-bond acceptors (Lipinski definition) is 4. The van der Waals surface area contributed by atoms with Crippen LogP contribution >= 0.6 is 0 Å². The third-order valence-electron chi connectivity index (χ3n) is 4.00. The first-order valence-corrected chi connectivity index (χ1v) is 7.42. The van der Waals surface area contributed by atoms with Gasteiger partial charge in [-0.1, -0.05) is 0 Å². The van der Waals surface area contributed by atoms with E-state index in [-0.39, 0.29) is 11.5 Å². The van der Waals surface area contributed by atoms with Crippen molar-refractivity contribution < 1.29 is 9.53 Å². The van der Waals surface area contributed by atoms with Gasteiger partial charge in [0.25, 0.3) is 0 Å². The van der Waals surface area contributed by atoms with Crippen LogP contribution in [-0.4, -0.2) is 47.8 Å². The SMILES string of the molecule is Cc1cc(N2CC3(CN(C(=O)OC(C)(C)C)C3)C2)ccn1. The first kappa shape index (κ1) is 14.2. The Labute approximate surface area is 125 Å². The Morgan fingerprint density at radius 2 is 1.95 bits per heavy atom. The summed E-state index contributed by atoms with van der Waals surface area (Å²) in [6.45, 7) is 11.3. The van der Waals surface area contributed by atoms with E-state index in [0.717, 1.165) is 31.9 Å². The predicted molar refractivity (Wildman–Crippen MR) is 81.4 cm³/mol. The molecule has 5 nitrogen and oxygen atoms in total. The van der Waals surface area contributed by atoms with Gasteiger partial charge in [-0.05, 0) is 39.8 Å². The molecule has 0 aliphatic carbocycles. The van der Waals surface area contributed by atoms with E-state index in [9.17, 15) is 4.79 Å². The summed E-state index contributed by atoms with van der Waals surface area (Å²) in [5.74, 6) is 0. The summed E-state index contributed by atoms with van der Waals surface area (Å²) < 4.78 is 5.40. The highest BCUT2D eigenvalue weighted by Crippen LogP contribution is 2.42. The number of hydrogen-bond donors (Lipinski definition) is 0. The number of carbonyl (C=O) groups excluding carboxylic acids is 1. The molecule has 1 aromatic rings. The van der Waals surface area contributed by atoms with Crippen LogP contribution in [0, 0.1) is 12.3 Å². The van der Waals surface area contributed by atoms with Crippen molar-refractivity contribution in [3.63, 3.8) is 0 Å². The summed E-state index contributed by atoms with van der Waals surface area (Å²) in [7, 11) is 0. The Kier molecular flexibility index (Phi) is 3.11. The van der Waals surface area contributed by atoms with E-state index in [1.165, 1.54) is 5.69 Å². The highest BCUT2D eigenvalue weighted by molar-refractivity contribution is 5.70. The zero-order chi connectivity index (χ0) is 15.3. The monoisotopic (exact) mass is 289 g/mol. The molecule has 0 radical (unpaired) electrons. The molecule has 0 atom stereocenters. The van der Waals surface area contributed by atoms with Crippen LogP contribution in [-0.2, 0) is 4.74 Å². The smallest absolute Gasteiger partial charge is 0.410 e. The molecule has 21 heavy (non-hydrogen) atoms. The summed E-state index contributed by atoms with van der Waals surface area (Å²) >= 11 is 0. The zero-order valence-corrected chi connectivity index (χ0v) is 13.2. The lowest BCUT2D eigenvalue weighted by atomic mass is 9.73. The largest absolute Gasteiger partial charge is 0.444 e. The number of pyridine rings is 1. The lowest BCUT2D eigenvalue weighted by Crippen LogP contribution is -2.73. The fraction of sp³-hybridized carbons (Fsp3) is 0.625. The number of carbonyl (C=O) groups is 1. The number of nitrogens with zero attached hydrogens (tertiary/aromatic N) is 3. The maximum atomic E-state index is 11.9. The molecular formula is C16H23N3O2. The molecule has 2 aliphatic heterocycles. The second-order valence-electron chi connectivity index (χ2n) is 7.35. The maximum Gasteiger partial charge on any atom is 0.410 e. The number of aryl methyl sites for hydroxylation is 1. The number of aromatic nitrogens is 1. The van der Waals surface area contributed by atoms with Crippen molar-refractivity contribution in [1.82, 2.24) is 9.88 Å². The first-order chi connectivity index (χ1) is 9.76. The zero-order valence-electron chi connectivity index (χ0n) is 13.2. The summed E-state index contributed by atoms with van der Waals surface area (Å²) in [6.07, 6.45) is 1.66. The molecule has 114 valence electrons. The van der Waals surface area contributed by atoms with E-state index >= 15 is 0 Å². The summed E-state index contributed by atoms with van der Waals surface area (Å²) in [5, 5.41) is 0. The molecule has 0 bridgehead atoms. The molecule has 3 rings (SSSR count). The van der Waals surface area contributed by atoms with Crippen molar-refractivity contribution in [2.45, 2.75) is 33.3 Å². The molecule has 0 unspecified atom stereocenters. The number of rotatable bonds is 1. The van der Waals surface area contributed by atoms with Crippen LogP contribution in [0.15, 0.2) is 18.3 Å². The second-order valence-corrected chi connectivity index (χ2v) is 7.35. The highest BCUT2D eigenvalue weighted by Gasteiger charge is 2.54. The molecule has 0 saturated carbocycles. The Balaban J connectivity index is 1.51. The maximum absolute atomic E-state index is 11.9. The van der Waals surface area contributed by atoms with Gasteiger partial charge in [-0.3, -0.25) is 4.98 Å². The molecule has 3 heterocycles. The van der Waals surface area contributed by atoms with Crippen LogP contribution in [0.4, 0.5) is 10.5 Å². The van der Waals surface area contributed by atoms with Crippen molar-refractivity contribution in [3.05, 3.63) is 24.0 Å². The van der Waals surface area contributed by atoms with E-state index in [0.29, 0.717) is 0 Å². The molecule has 1 aromatic heterocycles. The van der Waals surface area contributed by atoms with Crippen LogP contribution in [0.3, 0.4) is 0 Å². The van der Waals surface area contributed by atoms with Crippen molar-refractivity contribution >= 4 is 11.8 Å². The van der Waals surface area contributed by atoms with Crippen molar-refractivity contribution in [1.29, 1.82) is 0 Å². The van der Waals surface area contributed by atoms with Crippen LogP contribution in [0.5, 0.6) is 0 Å². The molecule has 1 spiro atoms. The van der Waals surface area contributed by atoms with Gasteiger partial charge in [0.1, 0.15) is 5.60 Å². The number of amides is 1. The standard InChI is InChI=1S/C16H23N3O2/c1-12-7-13(5-6-17-12)18-8-16(9-18)10-19(11-16)14(20)21-15(2,3)4/h5-7H,8-11H2,1-4H3. The Bertz CT molecular complexity index is 551. The number of ether oxygens (including phenoxy) is 1. The average Bonchev–Trinajstić information content (AvgIpc) is 2.22. The van der Waals surface area contributed by atoms with E-state index in [1.807, 2.05) is 40.0 Å². The van der Waals surface area contributed by atoms with Crippen LogP contribution in [0.2, 0.25) is 0 Å². The third kappa shape index (κ3) is 2.82. The van der Waals surface area contributed by atoms with Gasteiger partial charge in [0.15, 0.2) is 0 Å². The van der Waals surface area contributed by atoms with Gasteiger partial charge in [0.2, 0.25) is 0 Å². The minimum absolute atomic E-state index is 0.189. The van der Waals surface area contributed by atoms with E-state index in [2.05, 4.69) is 16.0 Å². The molecule has 5 heteroatoms. The minimum Gasteiger partial charge on any atom is -0.444 e. The lowest BCUT2D eigenvalue weighted by Gasteiger charge is -2.60. The van der Waals surface area contributed by atoms with Gasteiger partial charge in [-0.25, -0.2) is 4.79 Å². The summed E-state index contributed by atoms with van der Waals surface area (Å²) in [6, 6.07) is 4.15. The van der Waals surface area contributed by atoms with Crippen molar-refractivity contribution in [2.75, 3.05) is 31.1 Å². The Hall–Kier alpha value is -1.78. The highest BCUT2D eigenvalue weighted by atomic mass is 16.6. The molecule has 2 saturated heterocycles. The molecule has 1 amide bonds. The molecule has 2 aliphatic rings. The average molecular weight is 289 g/mol. The quantitative estimate of drug-likeness (QED) is 0.796. The molecule has 2 fully saturated rings. The fourth-order valence-electron chi connectivity index (χ4n) is 3.09. The van der Waals surface area contributed by atoms with Crippen LogP contribution < -0.4 is 4.90 Å². The Morgan fingerprint density at radius 3 is 2.52 bits per heavy atom. The molecular weight excluding hydrogens is 266 g/mol. The first-order valence-electron chi connectivity index (χ1n) is 7.42. The van der Waals surface area contributed by atoms with Gasteiger partial charge in [-0.2, -0.15) is 0 Å². The van der Waals surface area contributed by atoms with Crippen LogP contribution in [0.1, 0.15) is 26.5 Å². The second kappa shape index (κ2) is 4.61. The fourth-order valence-corrected chi connectivity index (χ4v) is 3.09. The van der Waals surface area contributed by atoms with Gasteiger partial charge in [-0.15, -0.1) is 0 Å². The number of anilines is 1. The minimum atomic E-state index is -0.417. The van der Waals surface area contributed by atoms with Crippen LogP contribution in [0.25, 0.3) is 0 Å². The van der Waals surface area contributed by atoms with Gasteiger partial charge >= 0.3 is 6.09 Å². The van der Waals surface area contributed by atoms with Crippen molar-refractivity contribution in [2.24, 2.45) is 5.41 Å². The van der Waals surface area contributed by atoms with E-state index < -0.39 is 5.60 Å². The topological polar surface area (TPSA) is 45.7 Å². The predicted octanol–water partition coefficient (Wildman–Crippen LogP) is 2.45. The lowest BCUT2D eigenvalue weighted by molar-refractivity contribution is -0.0453. The van der Waals surface area contributed by atoms with Crippen molar-refractivity contribution in [3.8, 4) is 0 Å². The van der Waals surface area contributed by atoms with Gasteiger partial charge < -0.3 is 14.5 Å². The van der Waals surface area contributed by atoms with Gasteiger partial charge in [0.05, 0.1) is 0 Å². The summed E-state index contributed by atoms with van der Waals surface area (Å²) in [4.78, 5) is 20.3. The number of likely N-dealkylation sites (tertiary alicyclic amines) is 1. The van der Waals surface area contributed by atoms with Gasteiger partial charge in [0, 0.05) is 49.2 Å². The molecule has 0 N–H and O–H groups in total. The molecule has 0 aromatic carbocycles. The van der Waals surface area contributed by atoms with E-state index in [1.54, 1.807) is 4.90 Å².